The third-order valence-corrected chi connectivity index (χ3v) is 4.48. The molecule has 2 N–H and O–H groups in total. The van der Waals surface area contributed by atoms with Crippen molar-refractivity contribution in [3.8, 4) is 0 Å². The van der Waals surface area contributed by atoms with Gasteiger partial charge in [0, 0.05) is 5.69 Å². The topological polar surface area (TPSA) is 54.0 Å². The fourth-order valence-electron chi connectivity index (χ4n) is 2.76. The maximum Gasteiger partial charge on any atom is 0.319 e. The van der Waals surface area contributed by atoms with E-state index in [-0.39, 0.29) is 22.4 Å². The molecule has 3 aromatic rings. The number of pyridine rings is 1. The largest absolute Gasteiger partial charge is 0.331 e. The van der Waals surface area contributed by atoms with Crippen LogP contribution in [0.2, 0.25) is 10.3 Å². The highest BCUT2D eigenvalue weighted by Crippen LogP contribution is 2.21. The minimum absolute atomic E-state index is 0.179. The van der Waals surface area contributed by atoms with Gasteiger partial charge >= 0.3 is 6.03 Å². The third kappa shape index (κ3) is 5.71. The SMILES string of the molecule is Cc1ccc(CC(NC(=O)Nc2cc(Cl)nc(Cl)c2)c2ccccc2)cc1. The zero-order valence-electron chi connectivity index (χ0n) is 14.7. The van der Waals surface area contributed by atoms with Gasteiger partial charge in [0.05, 0.1) is 6.04 Å². The lowest BCUT2D eigenvalue weighted by Gasteiger charge is -2.20. The van der Waals surface area contributed by atoms with Crippen LogP contribution in [0.4, 0.5) is 10.5 Å². The molecule has 138 valence electrons. The molecule has 0 saturated carbocycles. The molecule has 6 heteroatoms. The molecule has 0 aliphatic rings. The first-order valence-corrected chi connectivity index (χ1v) is 9.26. The Morgan fingerprint density at radius 3 is 2.26 bits per heavy atom. The number of hydrogen-bond donors (Lipinski definition) is 2. The molecule has 1 heterocycles. The molecule has 0 bridgehead atoms. The highest BCUT2D eigenvalue weighted by molar-refractivity contribution is 6.32. The molecule has 1 unspecified atom stereocenters. The molecular formula is C21H19Cl2N3O. The van der Waals surface area contributed by atoms with Gasteiger partial charge in [-0.2, -0.15) is 0 Å². The van der Waals surface area contributed by atoms with Crippen molar-refractivity contribution >= 4 is 34.9 Å². The highest BCUT2D eigenvalue weighted by Gasteiger charge is 2.16. The molecular weight excluding hydrogens is 381 g/mol. The van der Waals surface area contributed by atoms with E-state index in [2.05, 4.69) is 46.8 Å². The molecule has 0 aliphatic carbocycles. The number of aryl methyl sites for hydroxylation is 1. The molecule has 1 atom stereocenters. The number of rotatable bonds is 5. The van der Waals surface area contributed by atoms with Gasteiger partial charge in [-0.1, -0.05) is 83.4 Å². The van der Waals surface area contributed by atoms with Crippen LogP contribution in [-0.4, -0.2) is 11.0 Å². The molecule has 0 saturated heterocycles. The molecule has 1 aromatic heterocycles. The highest BCUT2D eigenvalue weighted by atomic mass is 35.5. The number of carbonyl (C=O) groups excluding carboxylic acids is 1. The number of halogens is 2. The maximum atomic E-state index is 12.5. The van der Waals surface area contributed by atoms with Crippen LogP contribution in [-0.2, 0) is 6.42 Å². The molecule has 2 amide bonds. The first-order valence-electron chi connectivity index (χ1n) is 8.51. The number of nitrogens with one attached hydrogen (secondary N) is 2. The number of benzene rings is 2. The minimum atomic E-state index is -0.339. The van der Waals surface area contributed by atoms with Gasteiger partial charge in [-0.25, -0.2) is 9.78 Å². The summed E-state index contributed by atoms with van der Waals surface area (Å²) >= 11 is 11.8. The minimum Gasteiger partial charge on any atom is -0.331 e. The molecule has 3 rings (SSSR count). The van der Waals surface area contributed by atoms with E-state index in [1.807, 2.05) is 30.3 Å². The number of urea groups is 1. The van der Waals surface area contributed by atoms with Gasteiger partial charge in [0.2, 0.25) is 0 Å². The first-order chi connectivity index (χ1) is 13.0. The molecule has 0 aliphatic heterocycles. The number of aromatic nitrogens is 1. The average Bonchev–Trinajstić information content (AvgIpc) is 2.63. The quantitative estimate of drug-likeness (QED) is 0.532. The molecule has 2 aromatic carbocycles. The first kappa shape index (κ1) is 19.2. The van der Waals surface area contributed by atoms with Crippen LogP contribution in [0.25, 0.3) is 0 Å². The zero-order valence-corrected chi connectivity index (χ0v) is 16.3. The van der Waals surface area contributed by atoms with Crippen LogP contribution in [0.3, 0.4) is 0 Å². The Kier molecular flexibility index (Phi) is 6.32. The van der Waals surface area contributed by atoms with Crippen LogP contribution in [0.15, 0.2) is 66.7 Å². The van der Waals surface area contributed by atoms with Gasteiger partial charge in [-0.15, -0.1) is 0 Å². The van der Waals surface area contributed by atoms with Crippen LogP contribution in [0.5, 0.6) is 0 Å². The van der Waals surface area contributed by atoms with Crippen LogP contribution in [0.1, 0.15) is 22.7 Å². The normalized spacial score (nSPS) is 11.7. The smallest absolute Gasteiger partial charge is 0.319 e. The van der Waals surface area contributed by atoms with E-state index in [4.69, 9.17) is 23.2 Å². The summed E-state index contributed by atoms with van der Waals surface area (Å²) in [5, 5.41) is 6.23. The number of anilines is 1. The molecule has 0 spiro atoms. The second-order valence-corrected chi connectivity index (χ2v) is 7.03. The summed E-state index contributed by atoms with van der Waals surface area (Å²) in [6.45, 7) is 2.05. The van der Waals surface area contributed by atoms with Crippen molar-refractivity contribution < 1.29 is 4.79 Å². The number of amides is 2. The summed E-state index contributed by atoms with van der Waals surface area (Å²) in [5.41, 5.74) is 3.86. The van der Waals surface area contributed by atoms with E-state index in [1.165, 1.54) is 5.56 Å². The van der Waals surface area contributed by atoms with Crippen molar-refractivity contribution in [3.63, 3.8) is 0 Å². The number of carbonyl (C=O) groups is 1. The van der Waals surface area contributed by atoms with Crippen molar-refractivity contribution in [1.29, 1.82) is 0 Å². The Balaban J connectivity index is 1.76. The van der Waals surface area contributed by atoms with E-state index in [1.54, 1.807) is 12.1 Å². The lowest BCUT2D eigenvalue weighted by Crippen LogP contribution is -2.33. The summed E-state index contributed by atoms with van der Waals surface area (Å²) < 4.78 is 0. The Hall–Kier alpha value is -2.56. The van der Waals surface area contributed by atoms with Crippen LogP contribution < -0.4 is 10.6 Å². The predicted molar refractivity (Wildman–Crippen MR) is 110 cm³/mol. The maximum absolute atomic E-state index is 12.5. The van der Waals surface area contributed by atoms with Crippen LogP contribution in [0, 0.1) is 6.92 Å². The van der Waals surface area contributed by atoms with Crippen molar-refractivity contribution in [2.75, 3.05) is 5.32 Å². The number of nitrogens with zero attached hydrogens (tertiary/aromatic N) is 1. The van der Waals surface area contributed by atoms with E-state index < -0.39 is 0 Å². The average molecular weight is 400 g/mol. The number of hydrogen-bond acceptors (Lipinski definition) is 2. The molecule has 4 nitrogen and oxygen atoms in total. The zero-order chi connectivity index (χ0) is 19.2. The molecule has 0 radical (unpaired) electrons. The summed E-state index contributed by atoms with van der Waals surface area (Å²) in [7, 11) is 0. The summed E-state index contributed by atoms with van der Waals surface area (Å²) in [4.78, 5) is 16.4. The lowest BCUT2D eigenvalue weighted by atomic mass is 9.98. The Morgan fingerprint density at radius 1 is 1.00 bits per heavy atom. The summed E-state index contributed by atoms with van der Waals surface area (Å²) in [5.74, 6) is 0. The summed E-state index contributed by atoms with van der Waals surface area (Å²) in [6, 6.07) is 20.7. The third-order valence-electron chi connectivity index (χ3n) is 4.09. The fourth-order valence-corrected chi connectivity index (χ4v) is 3.22. The van der Waals surface area contributed by atoms with E-state index >= 15 is 0 Å². The second kappa shape index (κ2) is 8.89. The summed E-state index contributed by atoms with van der Waals surface area (Å²) in [6.07, 6.45) is 0.676. The van der Waals surface area contributed by atoms with Crippen LogP contribution >= 0.6 is 23.2 Å². The van der Waals surface area contributed by atoms with Gasteiger partial charge in [0.25, 0.3) is 0 Å². The van der Waals surface area contributed by atoms with E-state index in [0.717, 1.165) is 11.1 Å². The van der Waals surface area contributed by atoms with Crippen molar-refractivity contribution in [2.45, 2.75) is 19.4 Å². The standard InChI is InChI=1S/C21H19Cl2N3O/c1-14-7-9-15(10-8-14)11-18(16-5-3-2-4-6-16)25-21(27)24-17-12-19(22)26-20(23)13-17/h2-10,12-13,18H,11H2,1H3,(H2,24,25,26,27). The van der Waals surface area contributed by atoms with Crippen molar-refractivity contribution in [3.05, 3.63) is 93.7 Å². The Morgan fingerprint density at radius 2 is 1.63 bits per heavy atom. The van der Waals surface area contributed by atoms with Gasteiger partial charge in [-0.05, 0) is 36.6 Å². The molecule has 0 fully saturated rings. The fraction of sp³-hybridized carbons (Fsp3) is 0.143. The molecule has 27 heavy (non-hydrogen) atoms. The predicted octanol–water partition coefficient (Wildman–Crippen LogP) is 5.80. The van der Waals surface area contributed by atoms with Gasteiger partial charge in [0.15, 0.2) is 0 Å². The monoisotopic (exact) mass is 399 g/mol. The Labute approximate surface area is 168 Å². The van der Waals surface area contributed by atoms with Gasteiger partial charge in [-0.3, -0.25) is 0 Å². The lowest BCUT2D eigenvalue weighted by molar-refractivity contribution is 0.248. The van der Waals surface area contributed by atoms with E-state index in [9.17, 15) is 4.79 Å². The van der Waals surface area contributed by atoms with Gasteiger partial charge < -0.3 is 10.6 Å². The van der Waals surface area contributed by atoms with E-state index in [0.29, 0.717) is 12.1 Å². The van der Waals surface area contributed by atoms with Crippen molar-refractivity contribution in [1.82, 2.24) is 10.3 Å². The Bertz CT molecular complexity index is 894. The second-order valence-electron chi connectivity index (χ2n) is 6.25. The van der Waals surface area contributed by atoms with Gasteiger partial charge in [0.1, 0.15) is 10.3 Å². The van der Waals surface area contributed by atoms with Crippen molar-refractivity contribution in [2.24, 2.45) is 0 Å².